The van der Waals surface area contributed by atoms with Crippen molar-refractivity contribution in [2.75, 3.05) is 0 Å². The molecule has 3 heterocycles. The van der Waals surface area contributed by atoms with E-state index in [0.29, 0.717) is 33.9 Å². The maximum atomic E-state index is 14.5. The normalized spacial score (nSPS) is 11.4. The Morgan fingerprint density at radius 3 is 2.49 bits per heavy atom. The topological polar surface area (TPSA) is 76.5 Å². The number of ketones is 1. The van der Waals surface area contributed by atoms with Gasteiger partial charge >= 0.3 is 0 Å². The molecule has 0 saturated carbocycles. The van der Waals surface area contributed by atoms with Gasteiger partial charge in [-0.05, 0) is 62.4 Å². The van der Waals surface area contributed by atoms with Crippen molar-refractivity contribution in [2.24, 2.45) is 0 Å². The van der Waals surface area contributed by atoms with Crippen molar-refractivity contribution in [3.63, 3.8) is 0 Å². The Balaban J connectivity index is 1.60. The molecule has 180 valence electrons. The molecule has 0 aliphatic heterocycles. The van der Waals surface area contributed by atoms with Gasteiger partial charge in [0.2, 0.25) is 5.78 Å². The van der Waals surface area contributed by atoms with E-state index in [-0.39, 0.29) is 5.57 Å². The summed E-state index contributed by atoms with van der Waals surface area (Å²) < 4.78 is 17.9. The molecule has 6 nitrogen and oxygen atoms in total. The van der Waals surface area contributed by atoms with Gasteiger partial charge in [-0.2, -0.15) is 10.4 Å². The molecule has 5 rings (SSSR count). The van der Waals surface area contributed by atoms with Gasteiger partial charge in [0, 0.05) is 46.7 Å². The average Bonchev–Trinajstić information content (AvgIpc) is 3.48. The van der Waals surface area contributed by atoms with E-state index in [0.717, 1.165) is 11.3 Å². The Bertz CT molecular complexity index is 1670. The number of nitrogens with zero attached hydrogens (tertiary/aromatic N) is 5. The maximum Gasteiger partial charge on any atom is 0.205 e. The minimum atomic E-state index is -0.442. The highest BCUT2D eigenvalue weighted by Crippen LogP contribution is 2.28. The number of aromatic nitrogens is 4. The lowest BCUT2D eigenvalue weighted by molar-refractivity contribution is 0.103. The van der Waals surface area contributed by atoms with Crippen LogP contribution in [0.1, 0.15) is 27.3 Å². The van der Waals surface area contributed by atoms with Crippen LogP contribution in [0, 0.1) is 31.0 Å². The van der Waals surface area contributed by atoms with E-state index in [2.05, 4.69) is 11.1 Å². The molecule has 0 N–H and O–H groups in total. The first-order valence-electron chi connectivity index (χ1n) is 11.6. The molecule has 0 spiro atoms. The molecule has 0 amide bonds. The average molecular weight is 488 g/mol. The number of carbonyl (C=O) groups excluding carboxylic acids is 1. The van der Waals surface area contributed by atoms with Crippen molar-refractivity contribution in [3.8, 4) is 28.7 Å². The fourth-order valence-electron chi connectivity index (χ4n) is 4.38. The molecule has 0 aliphatic rings. The Kier molecular flexibility index (Phi) is 6.31. The molecular formula is C30H22FN5O. The van der Waals surface area contributed by atoms with Crippen LogP contribution in [-0.2, 0) is 0 Å². The van der Waals surface area contributed by atoms with E-state index >= 15 is 0 Å². The van der Waals surface area contributed by atoms with Crippen LogP contribution in [0.15, 0.2) is 97.0 Å². The van der Waals surface area contributed by atoms with Crippen LogP contribution in [0.2, 0.25) is 0 Å². The van der Waals surface area contributed by atoms with Gasteiger partial charge in [-0.15, -0.1) is 0 Å². The third-order valence-corrected chi connectivity index (χ3v) is 6.13. The molecule has 2 aromatic carbocycles. The van der Waals surface area contributed by atoms with Crippen molar-refractivity contribution >= 4 is 11.9 Å². The molecule has 0 atom stereocenters. The van der Waals surface area contributed by atoms with Crippen LogP contribution < -0.4 is 0 Å². The lowest BCUT2D eigenvalue weighted by atomic mass is 10.0. The Labute approximate surface area is 213 Å². The number of allylic oxidation sites excluding steroid dienone is 1. The Morgan fingerprint density at radius 2 is 1.78 bits per heavy atom. The van der Waals surface area contributed by atoms with Gasteiger partial charge in [-0.25, -0.2) is 9.07 Å². The van der Waals surface area contributed by atoms with Crippen molar-refractivity contribution in [1.29, 1.82) is 5.26 Å². The number of hydrogen-bond acceptors (Lipinski definition) is 4. The van der Waals surface area contributed by atoms with Crippen LogP contribution in [-0.4, -0.2) is 25.1 Å². The number of halogens is 1. The van der Waals surface area contributed by atoms with Crippen molar-refractivity contribution in [2.45, 2.75) is 13.8 Å². The summed E-state index contributed by atoms with van der Waals surface area (Å²) in [6.07, 6.45) is 6.69. The van der Waals surface area contributed by atoms with Gasteiger partial charge in [-0.1, -0.05) is 30.3 Å². The Hall–Kier alpha value is -5.09. The zero-order valence-electron chi connectivity index (χ0n) is 20.3. The molecule has 0 unspecified atom stereocenters. The molecule has 0 fully saturated rings. The summed E-state index contributed by atoms with van der Waals surface area (Å²) >= 11 is 0. The summed E-state index contributed by atoms with van der Waals surface area (Å²) in [5.41, 5.74) is 4.67. The molecule has 3 aromatic heterocycles. The number of para-hydroxylation sites is 2. The van der Waals surface area contributed by atoms with E-state index in [4.69, 9.17) is 5.10 Å². The lowest BCUT2D eigenvalue weighted by Crippen LogP contribution is -2.06. The van der Waals surface area contributed by atoms with E-state index in [9.17, 15) is 14.4 Å². The highest BCUT2D eigenvalue weighted by molar-refractivity contribution is 6.15. The van der Waals surface area contributed by atoms with Gasteiger partial charge in [0.25, 0.3) is 0 Å². The highest BCUT2D eigenvalue weighted by atomic mass is 19.1. The summed E-state index contributed by atoms with van der Waals surface area (Å²) in [6.45, 7) is 3.55. The fourth-order valence-corrected chi connectivity index (χ4v) is 4.38. The molecule has 0 aliphatic carbocycles. The molecule has 0 saturated heterocycles. The first kappa shape index (κ1) is 23.6. The van der Waals surface area contributed by atoms with Crippen LogP contribution in [0.25, 0.3) is 28.7 Å². The number of nitriles is 1. The number of aryl methyl sites for hydroxylation is 1. The van der Waals surface area contributed by atoms with E-state index in [1.165, 1.54) is 6.07 Å². The summed E-state index contributed by atoms with van der Waals surface area (Å²) in [5, 5.41) is 14.7. The predicted octanol–water partition coefficient (Wildman–Crippen LogP) is 6.27. The summed E-state index contributed by atoms with van der Waals surface area (Å²) in [5.74, 6) is -0.837. The standard InChI is InChI=1S/C30H22FN5O/c1-20-15-26(21(2)36(20)28-13-7-6-12-27(28)31)30(37)23(17-32)16-24-19-35(25-10-4-3-5-11-25)34-29(24)22-9-8-14-33-18-22/h3-16,18-19H,1-2H3/b23-16+. The largest absolute Gasteiger partial charge is 0.315 e. The van der Waals surface area contributed by atoms with Crippen molar-refractivity contribution < 1.29 is 9.18 Å². The van der Waals surface area contributed by atoms with Crippen LogP contribution >= 0.6 is 0 Å². The fraction of sp³-hybridized carbons (Fsp3) is 0.0667. The molecular weight excluding hydrogens is 465 g/mol. The van der Waals surface area contributed by atoms with Crippen LogP contribution in [0.5, 0.6) is 0 Å². The minimum Gasteiger partial charge on any atom is -0.315 e. The first-order valence-corrected chi connectivity index (χ1v) is 11.6. The third kappa shape index (κ3) is 4.48. The summed E-state index contributed by atoms with van der Waals surface area (Å²) in [6, 6.07) is 23.4. The smallest absolute Gasteiger partial charge is 0.205 e. The van der Waals surface area contributed by atoms with Gasteiger partial charge in [0.05, 0.1) is 11.4 Å². The lowest BCUT2D eigenvalue weighted by Gasteiger charge is -2.10. The molecule has 37 heavy (non-hydrogen) atoms. The molecule has 0 bridgehead atoms. The number of rotatable bonds is 6. The molecule has 0 radical (unpaired) electrons. The van der Waals surface area contributed by atoms with E-state index in [1.54, 1.807) is 78.1 Å². The van der Waals surface area contributed by atoms with Crippen LogP contribution in [0.3, 0.4) is 0 Å². The summed E-state index contributed by atoms with van der Waals surface area (Å²) in [7, 11) is 0. The minimum absolute atomic E-state index is 0.0495. The molecule has 5 aromatic rings. The number of Topliss-reactive ketones (excluding diaryl/α,β-unsaturated/α-hetero) is 1. The number of benzene rings is 2. The first-order chi connectivity index (χ1) is 18.0. The maximum absolute atomic E-state index is 14.5. The van der Waals surface area contributed by atoms with Gasteiger partial charge in [0.15, 0.2) is 0 Å². The quantitative estimate of drug-likeness (QED) is 0.161. The number of pyridine rings is 1. The van der Waals surface area contributed by atoms with E-state index < -0.39 is 11.6 Å². The predicted molar refractivity (Wildman–Crippen MR) is 140 cm³/mol. The SMILES string of the molecule is Cc1cc(C(=O)/C(C#N)=C/c2cn(-c3ccccc3)nc2-c2cccnc2)c(C)n1-c1ccccc1F. The third-order valence-electron chi connectivity index (χ3n) is 6.13. The molecule has 7 heteroatoms. The highest BCUT2D eigenvalue weighted by Gasteiger charge is 2.22. The van der Waals surface area contributed by atoms with Crippen LogP contribution in [0.4, 0.5) is 4.39 Å². The van der Waals surface area contributed by atoms with Gasteiger partial charge in [-0.3, -0.25) is 9.78 Å². The monoisotopic (exact) mass is 487 g/mol. The second-order valence-electron chi connectivity index (χ2n) is 8.53. The summed E-state index contributed by atoms with van der Waals surface area (Å²) in [4.78, 5) is 17.8. The van der Waals surface area contributed by atoms with Gasteiger partial charge in [0.1, 0.15) is 23.2 Å². The zero-order chi connectivity index (χ0) is 25.9. The van der Waals surface area contributed by atoms with Crippen molar-refractivity contribution in [3.05, 3.63) is 125 Å². The second-order valence-corrected chi connectivity index (χ2v) is 8.53. The number of hydrogen-bond donors (Lipinski definition) is 0. The zero-order valence-corrected chi connectivity index (χ0v) is 20.3. The van der Waals surface area contributed by atoms with Gasteiger partial charge < -0.3 is 4.57 Å². The van der Waals surface area contributed by atoms with Crippen molar-refractivity contribution in [1.82, 2.24) is 19.3 Å². The number of carbonyl (C=O) groups is 1. The Morgan fingerprint density at radius 1 is 1.03 bits per heavy atom. The van der Waals surface area contributed by atoms with E-state index in [1.807, 2.05) is 36.4 Å². The second kappa shape index (κ2) is 9.88.